The number of carbonyl (C=O) groups is 3. The van der Waals surface area contributed by atoms with Crippen molar-refractivity contribution in [3.05, 3.63) is 64.6 Å². The van der Waals surface area contributed by atoms with Crippen molar-refractivity contribution in [3.8, 4) is 11.1 Å². The highest BCUT2D eigenvalue weighted by molar-refractivity contribution is 6.33. The number of nitrogens with two attached hydrogens (primary N) is 1. The van der Waals surface area contributed by atoms with Gasteiger partial charge in [0.05, 0.1) is 17.1 Å². The van der Waals surface area contributed by atoms with Crippen molar-refractivity contribution in [1.82, 2.24) is 9.88 Å². The molecular formula is C21H15ClFN3O3. The summed E-state index contributed by atoms with van der Waals surface area (Å²) in [6, 6.07) is 10.7. The monoisotopic (exact) mass is 411 g/mol. The van der Waals surface area contributed by atoms with Gasteiger partial charge in [-0.2, -0.15) is 0 Å². The molecule has 2 aromatic carbocycles. The number of hydrogen-bond acceptors (Lipinski definition) is 4. The fourth-order valence-electron chi connectivity index (χ4n) is 3.41. The summed E-state index contributed by atoms with van der Waals surface area (Å²) in [6.45, 7) is 0.128. The van der Waals surface area contributed by atoms with Gasteiger partial charge in [-0.05, 0) is 41.5 Å². The number of likely N-dealkylation sites (tertiary alicyclic amines) is 1. The molecule has 0 saturated carbocycles. The Bertz CT molecular complexity index is 1180. The number of halogens is 2. The molecule has 0 unspecified atom stereocenters. The molecule has 0 bridgehead atoms. The highest BCUT2D eigenvalue weighted by Gasteiger charge is 2.28. The van der Waals surface area contributed by atoms with E-state index >= 15 is 0 Å². The van der Waals surface area contributed by atoms with E-state index in [9.17, 15) is 18.8 Å². The minimum atomic E-state index is -0.721. The third-order valence-electron chi connectivity index (χ3n) is 4.84. The Hall–Kier alpha value is -3.32. The van der Waals surface area contributed by atoms with Crippen LogP contribution in [-0.4, -0.2) is 27.6 Å². The van der Waals surface area contributed by atoms with Crippen LogP contribution in [0, 0.1) is 5.82 Å². The lowest BCUT2D eigenvalue weighted by molar-refractivity contribution is -0.139. The standard InChI is InChI=1S/C21H15ClFN3O3/c22-16-8-12(23)2-4-13(16)15-9-18(21(24)29)25-17-7-11(1-3-14(15)17)10-26-19(27)5-6-20(26)28/h1-4,7-9H,5-6,10H2,(H2,24,29). The first kappa shape index (κ1) is 19.0. The number of fused-ring (bicyclic) bond motifs is 1. The first-order valence-corrected chi connectivity index (χ1v) is 9.23. The van der Waals surface area contributed by atoms with Gasteiger partial charge in [-0.1, -0.05) is 23.7 Å². The molecule has 29 heavy (non-hydrogen) atoms. The van der Waals surface area contributed by atoms with Gasteiger partial charge in [0.2, 0.25) is 11.8 Å². The zero-order chi connectivity index (χ0) is 20.7. The van der Waals surface area contributed by atoms with E-state index < -0.39 is 11.7 Å². The molecule has 6 nitrogen and oxygen atoms in total. The van der Waals surface area contributed by atoms with E-state index in [1.807, 2.05) is 0 Å². The molecule has 0 aliphatic carbocycles. The van der Waals surface area contributed by atoms with Gasteiger partial charge in [-0.15, -0.1) is 0 Å². The van der Waals surface area contributed by atoms with Crippen LogP contribution in [0.1, 0.15) is 28.9 Å². The van der Waals surface area contributed by atoms with Crippen LogP contribution in [0.25, 0.3) is 22.0 Å². The van der Waals surface area contributed by atoms with Gasteiger partial charge in [0.25, 0.3) is 5.91 Å². The number of pyridine rings is 1. The largest absolute Gasteiger partial charge is 0.364 e. The smallest absolute Gasteiger partial charge is 0.267 e. The lowest BCUT2D eigenvalue weighted by Gasteiger charge is -2.15. The van der Waals surface area contributed by atoms with Gasteiger partial charge in [-0.3, -0.25) is 19.3 Å². The van der Waals surface area contributed by atoms with Crippen LogP contribution in [0.2, 0.25) is 5.02 Å². The van der Waals surface area contributed by atoms with Gasteiger partial charge in [0, 0.05) is 23.8 Å². The zero-order valence-electron chi connectivity index (χ0n) is 15.1. The van der Waals surface area contributed by atoms with Crippen LogP contribution >= 0.6 is 11.6 Å². The average molecular weight is 412 g/mol. The molecule has 2 heterocycles. The molecule has 0 radical (unpaired) electrons. The molecule has 3 amide bonds. The van der Waals surface area contributed by atoms with Gasteiger partial charge in [0.1, 0.15) is 11.5 Å². The van der Waals surface area contributed by atoms with E-state index in [0.717, 1.165) is 0 Å². The topological polar surface area (TPSA) is 93.4 Å². The lowest BCUT2D eigenvalue weighted by atomic mass is 9.98. The van der Waals surface area contributed by atoms with Crippen LogP contribution in [0.4, 0.5) is 4.39 Å². The summed E-state index contributed by atoms with van der Waals surface area (Å²) in [7, 11) is 0. The van der Waals surface area contributed by atoms with E-state index in [-0.39, 0.29) is 41.9 Å². The number of aromatic nitrogens is 1. The number of primary amides is 1. The second kappa shape index (κ2) is 7.25. The Balaban J connectivity index is 1.85. The van der Waals surface area contributed by atoms with Gasteiger partial charge >= 0.3 is 0 Å². The molecule has 0 spiro atoms. The predicted octanol–water partition coefficient (Wildman–Crippen LogP) is 3.44. The molecule has 0 atom stereocenters. The molecule has 146 valence electrons. The molecule has 2 N–H and O–H groups in total. The fraction of sp³-hybridized carbons (Fsp3) is 0.143. The number of carbonyl (C=O) groups excluding carboxylic acids is 3. The van der Waals surface area contributed by atoms with Gasteiger partial charge in [0.15, 0.2) is 0 Å². The summed E-state index contributed by atoms with van der Waals surface area (Å²) >= 11 is 6.21. The molecule has 4 rings (SSSR count). The first-order valence-electron chi connectivity index (χ1n) is 8.85. The van der Waals surface area contributed by atoms with E-state index in [2.05, 4.69) is 4.98 Å². The Kier molecular flexibility index (Phi) is 4.76. The Labute approximate surface area is 170 Å². The van der Waals surface area contributed by atoms with Crippen molar-refractivity contribution in [1.29, 1.82) is 0 Å². The Morgan fingerprint density at radius 1 is 1.07 bits per heavy atom. The number of imide groups is 1. The number of amides is 3. The SMILES string of the molecule is NC(=O)c1cc(-c2ccc(F)cc2Cl)c2ccc(CN3C(=O)CCC3=O)cc2n1. The molecule has 1 fully saturated rings. The third-order valence-corrected chi connectivity index (χ3v) is 5.16. The molecule has 1 aromatic heterocycles. The second-order valence-corrected chi connectivity index (χ2v) is 7.18. The fourth-order valence-corrected chi connectivity index (χ4v) is 3.68. The Morgan fingerprint density at radius 3 is 2.45 bits per heavy atom. The maximum Gasteiger partial charge on any atom is 0.267 e. The van der Waals surface area contributed by atoms with Gasteiger partial charge < -0.3 is 5.73 Å². The van der Waals surface area contributed by atoms with E-state index in [1.165, 1.54) is 29.2 Å². The first-order chi connectivity index (χ1) is 13.8. The van der Waals surface area contributed by atoms with Crippen molar-refractivity contribution in [3.63, 3.8) is 0 Å². The normalized spacial score (nSPS) is 14.1. The van der Waals surface area contributed by atoms with E-state index in [4.69, 9.17) is 17.3 Å². The molecule has 1 saturated heterocycles. The highest BCUT2D eigenvalue weighted by atomic mass is 35.5. The molecular weight excluding hydrogens is 397 g/mol. The maximum absolute atomic E-state index is 13.5. The Morgan fingerprint density at radius 2 is 1.79 bits per heavy atom. The minimum Gasteiger partial charge on any atom is -0.364 e. The van der Waals surface area contributed by atoms with Crippen molar-refractivity contribution in [2.75, 3.05) is 0 Å². The summed E-state index contributed by atoms with van der Waals surface area (Å²) < 4.78 is 13.5. The molecule has 8 heteroatoms. The number of nitrogens with zero attached hydrogens (tertiary/aromatic N) is 2. The molecule has 1 aliphatic rings. The summed E-state index contributed by atoms with van der Waals surface area (Å²) in [5, 5.41) is 0.858. The zero-order valence-corrected chi connectivity index (χ0v) is 15.9. The highest BCUT2D eigenvalue weighted by Crippen LogP contribution is 2.34. The van der Waals surface area contributed by atoms with Crippen LogP contribution in [0.5, 0.6) is 0 Å². The average Bonchev–Trinajstić information content (AvgIpc) is 2.99. The molecule has 1 aliphatic heterocycles. The molecule has 3 aromatic rings. The summed E-state index contributed by atoms with van der Waals surface area (Å²) in [6.07, 6.45) is 0.424. The summed E-state index contributed by atoms with van der Waals surface area (Å²) in [5.74, 6) is -1.63. The van der Waals surface area contributed by atoms with E-state index in [1.54, 1.807) is 18.2 Å². The summed E-state index contributed by atoms with van der Waals surface area (Å²) in [4.78, 5) is 41.1. The van der Waals surface area contributed by atoms with Crippen LogP contribution < -0.4 is 5.73 Å². The second-order valence-electron chi connectivity index (χ2n) is 6.77. The maximum atomic E-state index is 13.5. The van der Waals surface area contributed by atoms with Crippen molar-refractivity contribution >= 4 is 40.2 Å². The van der Waals surface area contributed by atoms with Crippen LogP contribution in [0.3, 0.4) is 0 Å². The van der Waals surface area contributed by atoms with E-state index in [0.29, 0.717) is 27.6 Å². The van der Waals surface area contributed by atoms with Crippen molar-refractivity contribution in [2.45, 2.75) is 19.4 Å². The number of rotatable bonds is 4. The van der Waals surface area contributed by atoms with Gasteiger partial charge in [-0.25, -0.2) is 9.37 Å². The third kappa shape index (κ3) is 3.56. The van der Waals surface area contributed by atoms with Crippen LogP contribution in [-0.2, 0) is 16.1 Å². The van der Waals surface area contributed by atoms with Crippen molar-refractivity contribution in [2.24, 2.45) is 5.73 Å². The lowest BCUT2D eigenvalue weighted by Crippen LogP contribution is -2.28. The number of hydrogen-bond donors (Lipinski definition) is 1. The van der Waals surface area contributed by atoms with Crippen LogP contribution in [0.15, 0.2) is 42.5 Å². The summed E-state index contributed by atoms with van der Waals surface area (Å²) in [5.41, 5.74) is 7.70. The minimum absolute atomic E-state index is 0.0263. The predicted molar refractivity (Wildman–Crippen MR) is 105 cm³/mol. The quantitative estimate of drug-likeness (QED) is 0.665. The number of benzene rings is 2. The van der Waals surface area contributed by atoms with Crippen molar-refractivity contribution < 1.29 is 18.8 Å².